The predicted molar refractivity (Wildman–Crippen MR) is 115 cm³/mol. The molecule has 1 N–H and O–H groups in total. The molecule has 4 aromatic rings. The third-order valence-corrected chi connectivity index (χ3v) is 4.48. The molecule has 0 aliphatic heterocycles. The minimum Gasteiger partial charge on any atom is -0.339 e. The Morgan fingerprint density at radius 2 is 1.75 bits per heavy atom. The number of nitrogens with zero attached hydrogens (tertiary/aromatic N) is 3. The molecule has 0 bridgehead atoms. The van der Waals surface area contributed by atoms with Crippen molar-refractivity contribution in [2.24, 2.45) is 4.99 Å². The third-order valence-electron chi connectivity index (χ3n) is 4.01. The molecule has 0 saturated carbocycles. The monoisotopic (exact) mass is 408 g/mol. The molecular formula is C21H14Cl2N4O. The quantitative estimate of drug-likeness (QED) is 0.453. The molecule has 5 nitrogen and oxygen atoms in total. The summed E-state index contributed by atoms with van der Waals surface area (Å²) in [4.78, 5) is 22.0. The van der Waals surface area contributed by atoms with E-state index >= 15 is 0 Å². The summed E-state index contributed by atoms with van der Waals surface area (Å²) in [7, 11) is 0. The van der Waals surface area contributed by atoms with Crippen molar-refractivity contribution in [2.45, 2.75) is 0 Å². The number of aromatic nitrogens is 2. The van der Waals surface area contributed by atoms with Crippen LogP contribution in [-0.2, 0) is 0 Å². The standard InChI is InChI=1S/C21H14Cl2N4O/c22-14-5-3-7-16(11-14)24-13-18-20(25-17-8-4-6-15(23)12-17)26-19-9-1-2-10-27(19)21(18)28/h1-13,25H. The van der Waals surface area contributed by atoms with Gasteiger partial charge in [-0.25, -0.2) is 4.98 Å². The normalized spacial score (nSPS) is 11.2. The second-order valence-electron chi connectivity index (χ2n) is 5.98. The molecule has 0 fully saturated rings. The molecule has 2 aromatic carbocycles. The fourth-order valence-electron chi connectivity index (χ4n) is 2.71. The molecule has 0 aliphatic rings. The van der Waals surface area contributed by atoms with Crippen LogP contribution in [0.5, 0.6) is 0 Å². The van der Waals surface area contributed by atoms with Crippen molar-refractivity contribution >= 4 is 52.3 Å². The van der Waals surface area contributed by atoms with Crippen molar-refractivity contribution < 1.29 is 0 Å². The van der Waals surface area contributed by atoms with E-state index in [0.717, 1.165) is 5.69 Å². The van der Waals surface area contributed by atoms with Crippen LogP contribution >= 0.6 is 23.2 Å². The largest absolute Gasteiger partial charge is 0.339 e. The van der Waals surface area contributed by atoms with Crippen LogP contribution in [-0.4, -0.2) is 15.6 Å². The Bertz CT molecular complexity index is 1250. The van der Waals surface area contributed by atoms with E-state index < -0.39 is 0 Å². The van der Waals surface area contributed by atoms with Gasteiger partial charge in [0.2, 0.25) is 0 Å². The van der Waals surface area contributed by atoms with E-state index in [1.807, 2.05) is 18.2 Å². The molecule has 0 aliphatic carbocycles. The first-order valence-corrected chi connectivity index (χ1v) is 9.19. The summed E-state index contributed by atoms with van der Waals surface area (Å²) in [5, 5.41) is 4.32. The van der Waals surface area contributed by atoms with Gasteiger partial charge in [-0.3, -0.25) is 14.2 Å². The number of hydrogen-bond acceptors (Lipinski definition) is 4. The molecule has 2 heterocycles. The van der Waals surface area contributed by atoms with Gasteiger partial charge in [-0.1, -0.05) is 41.4 Å². The highest BCUT2D eigenvalue weighted by Crippen LogP contribution is 2.22. The highest BCUT2D eigenvalue weighted by atomic mass is 35.5. The van der Waals surface area contributed by atoms with Gasteiger partial charge < -0.3 is 5.32 Å². The first-order valence-electron chi connectivity index (χ1n) is 8.44. The average molecular weight is 409 g/mol. The summed E-state index contributed by atoms with van der Waals surface area (Å²) < 4.78 is 1.47. The number of nitrogens with one attached hydrogen (secondary N) is 1. The van der Waals surface area contributed by atoms with Crippen molar-refractivity contribution in [1.82, 2.24) is 9.38 Å². The Morgan fingerprint density at radius 1 is 0.964 bits per heavy atom. The van der Waals surface area contributed by atoms with Crippen LogP contribution in [0, 0.1) is 0 Å². The van der Waals surface area contributed by atoms with Crippen LogP contribution in [0.2, 0.25) is 10.0 Å². The Kier molecular flexibility index (Phi) is 5.10. The molecule has 0 saturated heterocycles. The van der Waals surface area contributed by atoms with E-state index in [0.29, 0.717) is 32.8 Å². The lowest BCUT2D eigenvalue weighted by Crippen LogP contribution is -2.21. The lowest BCUT2D eigenvalue weighted by molar-refractivity contribution is 1.04. The number of pyridine rings is 1. The molecular weight excluding hydrogens is 395 g/mol. The lowest BCUT2D eigenvalue weighted by Gasteiger charge is -2.10. The molecule has 0 spiro atoms. The summed E-state index contributed by atoms with van der Waals surface area (Å²) in [6.07, 6.45) is 3.16. The predicted octanol–water partition coefficient (Wildman–Crippen LogP) is 5.50. The van der Waals surface area contributed by atoms with E-state index in [-0.39, 0.29) is 5.56 Å². The number of benzene rings is 2. The SMILES string of the molecule is O=c1c(C=Nc2cccc(Cl)c2)c(Nc2cccc(Cl)c2)nc2ccccn12. The maximum Gasteiger partial charge on any atom is 0.268 e. The van der Waals surface area contributed by atoms with Gasteiger partial charge in [0.1, 0.15) is 17.0 Å². The maximum absolute atomic E-state index is 13.0. The van der Waals surface area contributed by atoms with E-state index in [1.54, 1.807) is 54.7 Å². The van der Waals surface area contributed by atoms with Crippen molar-refractivity contribution in [3.05, 3.63) is 98.9 Å². The molecule has 0 atom stereocenters. The number of aliphatic imine (C=N–C) groups is 1. The lowest BCUT2D eigenvalue weighted by atomic mass is 10.2. The van der Waals surface area contributed by atoms with Crippen molar-refractivity contribution in [3.63, 3.8) is 0 Å². The number of rotatable bonds is 4. The van der Waals surface area contributed by atoms with Gasteiger partial charge in [-0.15, -0.1) is 0 Å². The Hall–Kier alpha value is -3.15. The third kappa shape index (κ3) is 3.91. The van der Waals surface area contributed by atoms with Crippen LogP contribution < -0.4 is 10.9 Å². The topological polar surface area (TPSA) is 58.8 Å². The fourth-order valence-corrected chi connectivity index (χ4v) is 3.09. The van der Waals surface area contributed by atoms with Gasteiger partial charge in [-0.05, 0) is 48.5 Å². The Balaban J connectivity index is 1.84. The number of fused-ring (bicyclic) bond motifs is 1. The summed E-state index contributed by atoms with van der Waals surface area (Å²) in [5.74, 6) is 0.393. The summed E-state index contributed by atoms with van der Waals surface area (Å²) >= 11 is 12.1. The fraction of sp³-hybridized carbons (Fsp3) is 0. The molecule has 0 amide bonds. The van der Waals surface area contributed by atoms with Crippen LogP contribution in [0.4, 0.5) is 17.2 Å². The van der Waals surface area contributed by atoms with Gasteiger partial charge in [-0.2, -0.15) is 0 Å². The van der Waals surface area contributed by atoms with Crippen LogP contribution in [0.3, 0.4) is 0 Å². The highest BCUT2D eigenvalue weighted by molar-refractivity contribution is 6.31. The van der Waals surface area contributed by atoms with Crippen molar-refractivity contribution in [1.29, 1.82) is 0 Å². The smallest absolute Gasteiger partial charge is 0.268 e. The zero-order valence-electron chi connectivity index (χ0n) is 14.5. The molecule has 0 radical (unpaired) electrons. The van der Waals surface area contributed by atoms with Gasteiger partial charge in [0.05, 0.1) is 5.69 Å². The second-order valence-corrected chi connectivity index (χ2v) is 6.85. The van der Waals surface area contributed by atoms with Gasteiger partial charge in [0.25, 0.3) is 5.56 Å². The maximum atomic E-state index is 13.0. The minimum absolute atomic E-state index is 0.235. The van der Waals surface area contributed by atoms with E-state index in [9.17, 15) is 4.79 Å². The summed E-state index contributed by atoms with van der Waals surface area (Å²) in [6.45, 7) is 0. The first-order chi connectivity index (χ1) is 13.6. The Morgan fingerprint density at radius 3 is 2.54 bits per heavy atom. The zero-order chi connectivity index (χ0) is 19.5. The van der Waals surface area contributed by atoms with Crippen molar-refractivity contribution in [2.75, 3.05) is 5.32 Å². The van der Waals surface area contributed by atoms with Gasteiger partial charge in [0.15, 0.2) is 0 Å². The molecule has 7 heteroatoms. The number of anilines is 2. The molecule has 138 valence electrons. The van der Waals surface area contributed by atoms with Gasteiger partial charge >= 0.3 is 0 Å². The van der Waals surface area contributed by atoms with Crippen LogP contribution in [0.15, 0.2) is 82.7 Å². The number of halogens is 2. The van der Waals surface area contributed by atoms with E-state index in [4.69, 9.17) is 23.2 Å². The summed E-state index contributed by atoms with van der Waals surface area (Å²) in [6, 6.07) is 19.6. The van der Waals surface area contributed by atoms with E-state index in [1.165, 1.54) is 10.6 Å². The van der Waals surface area contributed by atoms with Gasteiger partial charge in [0, 0.05) is 28.1 Å². The van der Waals surface area contributed by atoms with Crippen LogP contribution in [0.1, 0.15) is 5.56 Å². The minimum atomic E-state index is -0.235. The van der Waals surface area contributed by atoms with E-state index in [2.05, 4.69) is 15.3 Å². The van der Waals surface area contributed by atoms with Crippen LogP contribution in [0.25, 0.3) is 5.65 Å². The summed E-state index contributed by atoms with van der Waals surface area (Å²) in [5.41, 5.74) is 1.97. The number of hydrogen-bond donors (Lipinski definition) is 1. The molecule has 0 unspecified atom stereocenters. The first kappa shape index (κ1) is 18.2. The average Bonchev–Trinajstić information content (AvgIpc) is 2.68. The van der Waals surface area contributed by atoms with Crippen molar-refractivity contribution in [3.8, 4) is 0 Å². The molecule has 2 aromatic heterocycles. The second kappa shape index (κ2) is 7.84. The zero-order valence-corrected chi connectivity index (χ0v) is 16.0. The highest BCUT2D eigenvalue weighted by Gasteiger charge is 2.12. The molecule has 4 rings (SSSR count). The Labute approximate surface area is 170 Å². The molecule has 28 heavy (non-hydrogen) atoms.